The monoisotopic (exact) mass is 407 g/mol. The second-order valence-corrected chi connectivity index (χ2v) is 10.5. The Morgan fingerprint density at radius 3 is 2.28 bits per heavy atom. The lowest BCUT2D eigenvalue weighted by atomic mass is 9.79. The molecule has 7 heteroatoms. The summed E-state index contributed by atoms with van der Waals surface area (Å²) in [6.07, 6.45) is 2.55. The Morgan fingerprint density at radius 2 is 1.79 bits per heavy atom. The first-order valence-corrected chi connectivity index (χ1v) is 10.4. The van der Waals surface area contributed by atoms with Crippen LogP contribution in [0.3, 0.4) is 0 Å². The lowest BCUT2D eigenvalue weighted by Gasteiger charge is -2.39. The van der Waals surface area contributed by atoms with E-state index < -0.39 is 16.7 Å². The van der Waals surface area contributed by atoms with Crippen LogP contribution in [0.15, 0.2) is 12.7 Å². The van der Waals surface area contributed by atoms with Gasteiger partial charge in [0, 0.05) is 25.6 Å². The first-order chi connectivity index (χ1) is 13.2. The molecule has 0 spiro atoms. The normalized spacial score (nSPS) is 29.2. The second-order valence-electron chi connectivity index (χ2n) is 10.5. The third kappa shape index (κ3) is 5.31. The Labute approximate surface area is 174 Å². The van der Waals surface area contributed by atoms with Crippen molar-refractivity contribution in [3.8, 4) is 0 Å². The Kier molecular flexibility index (Phi) is 6.40. The maximum absolute atomic E-state index is 13.4. The molecule has 1 saturated carbocycles. The van der Waals surface area contributed by atoms with Crippen molar-refractivity contribution in [2.45, 2.75) is 78.0 Å². The van der Waals surface area contributed by atoms with Gasteiger partial charge in [-0.2, -0.15) is 0 Å². The molecule has 1 aliphatic heterocycles. The fourth-order valence-electron chi connectivity index (χ4n) is 4.76. The van der Waals surface area contributed by atoms with Gasteiger partial charge in [0.1, 0.15) is 11.1 Å². The second kappa shape index (κ2) is 8.00. The van der Waals surface area contributed by atoms with Gasteiger partial charge in [0.2, 0.25) is 11.8 Å². The van der Waals surface area contributed by atoms with Crippen molar-refractivity contribution in [1.29, 1.82) is 0 Å². The quantitative estimate of drug-likeness (QED) is 0.702. The number of carbonyl (C=O) groups excluding carboxylic acids is 3. The van der Waals surface area contributed by atoms with E-state index in [9.17, 15) is 14.4 Å². The van der Waals surface area contributed by atoms with E-state index in [0.29, 0.717) is 25.9 Å². The summed E-state index contributed by atoms with van der Waals surface area (Å²) in [5.74, 6) is -0.316. The summed E-state index contributed by atoms with van der Waals surface area (Å²) in [6, 6.07) is 0. The predicted octanol–water partition coefficient (Wildman–Crippen LogP) is 2.86. The van der Waals surface area contributed by atoms with E-state index in [1.807, 2.05) is 41.5 Å². The third-order valence-electron chi connectivity index (χ3n) is 5.59. The molecule has 2 aliphatic rings. The molecule has 2 rings (SSSR count). The summed E-state index contributed by atoms with van der Waals surface area (Å²) in [5, 5.41) is 6.05. The van der Waals surface area contributed by atoms with Gasteiger partial charge in [0.15, 0.2) is 0 Å². The number of nitrogens with zero attached hydrogens (tertiary/aromatic N) is 1. The van der Waals surface area contributed by atoms with E-state index in [0.717, 1.165) is 0 Å². The fraction of sp³-hybridized carbons (Fsp3) is 0.773. The highest BCUT2D eigenvalue weighted by Crippen LogP contribution is 2.50. The van der Waals surface area contributed by atoms with Crippen molar-refractivity contribution in [1.82, 2.24) is 15.5 Å². The number of hydrogen-bond donors (Lipinski definition) is 2. The van der Waals surface area contributed by atoms with Crippen LogP contribution in [-0.2, 0) is 14.3 Å². The van der Waals surface area contributed by atoms with Crippen molar-refractivity contribution in [2.24, 2.45) is 17.8 Å². The van der Waals surface area contributed by atoms with Gasteiger partial charge in [-0.15, -0.1) is 6.58 Å². The molecule has 0 radical (unpaired) electrons. The molecule has 4 atom stereocenters. The van der Waals surface area contributed by atoms with Crippen molar-refractivity contribution in [2.75, 3.05) is 13.1 Å². The molecule has 0 aromatic rings. The third-order valence-corrected chi connectivity index (χ3v) is 5.59. The van der Waals surface area contributed by atoms with Gasteiger partial charge in [-0.3, -0.25) is 9.59 Å². The minimum absolute atomic E-state index is 0.0955. The average Bonchev–Trinajstić information content (AvgIpc) is 3.02. The standard InChI is InChI=1S/C22H37N3O4/c1-9-10-17-16-13-25(19(28)29-21(6,7)8)12-15(16)11-22(17,23-14(2)26)18(27)24-20(3,4)5/h9,15-17H,1,10-13H2,2-8H3,(H,23,26)(H,24,27). The molecular weight excluding hydrogens is 370 g/mol. The van der Waals surface area contributed by atoms with Crippen LogP contribution in [-0.4, -0.2) is 52.6 Å². The lowest BCUT2D eigenvalue weighted by Crippen LogP contribution is -2.64. The molecule has 0 bridgehead atoms. The number of carbonyl (C=O) groups is 3. The number of rotatable bonds is 4. The number of fused-ring (bicyclic) bond motifs is 1. The summed E-state index contributed by atoms with van der Waals surface area (Å²) >= 11 is 0. The van der Waals surface area contributed by atoms with Crippen molar-refractivity contribution < 1.29 is 19.1 Å². The predicted molar refractivity (Wildman–Crippen MR) is 112 cm³/mol. The number of amides is 3. The molecular formula is C22H37N3O4. The maximum Gasteiger partial charge on any atom is 0.410 e. The van der Waals surface area contributed by atoms with Crippen LogP contribution >= 0.6 is 0 Å². The van der Waals surface area contributed by atoms with Gasteiger partial charge in [-0.05, 0) is 72.1 Å². The van der Waals surface area contributed by atoms with Crippen LogP contribution < -0.4 is 10.6 Å². The van der Waals surface area contributed by atoms with Crippen LogP contribution in [0, 0.1) is 17.8 Å². The highest BCUT2D eigenvalue weighted by atomic mass is 16.6. The average molecular weight is 408 g/mol. The zero-order chi connectivity index (χ0) is 22.2. The topological polar surface area (TPSA) is 87.7 Å². The molecule has 7 nitrogen and oxygen atoms in total. The first-order valence-electron chi connectivity index (χ1n) is 10.4. The molecule has 1 saturated heterocycles. The molecule has 1 heterocycles. The van der Waals surface area contributed by atoms with Crippen LogP contribution in [0.2, 0.25) is 0 Å². The van der Waals surface area contributed by atoms with Crippen LogP contribution in [0.4, 0.5) is 4.79 Å². The van der Waals surface area contributed by atoms with Gasteiger partial charge in [-0.1, -0.05) is 6.08 Å². The Bertz CT molecular complexity index is 677. The molecule has 3 amide bonds. The van der Waals surface area contributed by atoms with E-state index in [2.05, 4.69) is 17.2 Å². The Balaban J connectivity index is 2.30. The molecule has 2 fully saturated rings. The maximum atomic E-state index is 13.4. The zero-order valence-corrected chi connectivity index (χ0v) is 18.9. The number of ether oxygens (including phenoxy) is 1. The Hall–Kier alpha value is -2.05. The molecule has 2 N–H and O–H groups in total. The van der Waals surface area contributed by atoms with Crippen LogP contribution in [0.25, 0.3) is 0 Å². The van der Waals surface area contributed by atoms with E-state index in [1.54, 1.807) is 11.0 Å². The summed E-state index contributed by atoms with van der Waals surface area (Å²) < 4.78 is 5.53. The van der Waals surface area contributed by atoms with Crippen molar-refractivity contribution in [3.63, 3.8) is 0 Å². The number of likely N-dealkylation sites (tertiary alicyclic amines) is 1. The minimum atomic E-state index is -0.997. The van der Waals surface area contributed by atoms with E-state index in [1.165, 1.54) is 6.92 Å². The number of allylic oxidation sites excluding steroid dienone is 1. The van der Waals surface area contributed by atoms with E-state index in [4.69, 9.17) is 4.74 Å². The van der Waals surface area contributed by atoms with Crippen LogP contribution in [0.5, 0.6) is 0 Å². The molecule has 0 aromatic heterocycles. The van der Waals surface area contributed by atoms with E-state index >= 15 is 0 Å². The first kappa shape index (κ1) is 23.2. The fourth-order valence-corrected chi connectivity index (χ4v) is 4.76. The Morgan fingerprint density at radius 1 is 1.17 bits per heavy atom. The van der Waals surface area contributed by atoms with E-state index in [-0.39, 0.29) is 35.7 Å². The van der Waals surface area contributed by atoms with Crippen molar-refractivity contribution >= 4 is 17.9 Å². The minimum Gasteiger partial charge on any atom is -0.444 e. The van der Waals surface area contributed by atoms with Crippen LogP contribution in [0.1, 0.15) is 61.3 Å². The summed E-state index contributed by atoms with van der Waals surface area (Å²) in [4.78, 5) is 39.7. The number of nitrogens with one attached hydrogen (secondary N) is 2. The molecule has 164 valence electrons. The lowest BCUT2D eigenvalue weighted by molar-refractivity contribution is -0.136. The largest absolute Gasteiger partial charge is 0.444 e. The molecule has 1 aliphatic carbocycles. The smallest absolute Gasteiger partial charge is 0.410 e. The van der Waals surface area contributed by atoms with Gasteiger partial charge >= 0.3 is 6.09 Å². The highest BCUT2D eigenvalue weighted by Gasteiger charge is 2.60. The van der Waals surface area contributed by atoms with Gasteiger partial charge in [0.25, 0.3) is 0 Å². The molecule has 0 aromatic carbocycles. The number of hydrogen-bond acceptors (Lipinski definition) is 4. The summed E-state index contributed by atoms with van der Waals surface area (Å²) in [6.45, 7) is 17.7. The summed E-state index contributed by atoms with van der Waals surface area (Å²) in [5.41, 5.74) is -1.97. The van der Waals surface area contributed by atoms with Gasteiger partial charge in [0.05, 0.1) is 0 Å². The SMILES string of the molecule is C=CCC1C2CN(C(=O)OC(C)(C)C)CC2CC1(NC(C)=O)C(=O)NC(C)(C)C. The highest BCUT2D eigenvalue weighted by molar-refractivity contribution is 5.92. The molecule has 4 unspecified atom stereocenters. The van der Waals surface area contributed by atoms with Crippen molar-refractivity contribution in [3.05, 3.63) is 12.7 Å². The van der Waals surface area contributed by atoms with Gasteiger partial charge in [-0.25, -0.2) is 4.79 Å². The zero-order valence-electron chi connectivity index (χ0n) is 18.9. The van der Waals surface area contributed by atoms with Gasteiger partial charge < -0.3 is 20.3 Å². The molecule has 29 heavy (non-hydrogen) atoms. The summed E-state index contributed by atoms with van der Waals surface area (Å²) in [7, 11) is 0.